The van der Waals surface area contributed by atoms with E-state index in [1.165, 1.54) is 4.88 Å². The summed E-state index contributed by atoms with van der Waals surface area (Å²) in [4.78, 5) is 17.4. The number of amides is 2. The zero-order chi connectivity index (χ0) is 15.9. The Morgan fingerprint density at radius 1 is 1.45 bits per heavy atom. The molecular formula is C16H21N3O2S. The molecule has 118 valence electrons. The summed E-state index contributed by atoms with van der Waals surface area (Å²) in [5, 5.41) is 16.2. The van der Waals surface area contributed by atoms with Crippen molar-refractivity contribution in [3.63, 3.8) is 0 Å². The van der Waals surface area contributed by atoms with Gasteiger partial charge in [-0.15, -0.1) is 11.3 Å². The molecule has 0 saturated carbocycles. The van der Waals surface area contributed by atoms with Crippen molar-refractivity contribution in [2.75, 3.05) is 6.54 Å². The summed E-state index contributed by atoms with van der Waals surface area (Å²) in [5.74, 6) is 0.196. The van der Waals surface area contributed by atoms with E-state index in [9.17, 15) is 9.90 Å². The predicted molar refractivity (Wildman–Crippen MR) is 88.3 cm³/mol. The van der Waals surface area contributed by atoms with E-state index < -0.39 is 0 Å². The van der Waals surface area contributed by atoms with Crippen LogP contribution in [-0.4, -0.2) is 22.7 Å². The monoisotopic (exact) mass is 319 g/mol. The van der Waals surface area contributed by atoms with E-state index in [2.05, 4.69) is 22.5 Å². The molecule has 0 bridgehead atoms. The lowest BCUT2D eigenvalue weighted by Crippen LogP contribution is -2.38. The lowest BCUT2D eigenvalue weighted by Gasteiger charge is -2.15. The first-order valence-corrected chi connectivity index (χ1v) is 8.17. The first-order valence-electron chi connectivity index (χ1n) is 7.35. The average molecular weight is 319 g/mol. The largest absolute Gasteiger partial charge is 0.508 e. The third kappa shape index (κ3) is 4.73. The van der Waals surface area contributed by atoms with Gasteiger partial charge in [0.2, 0.25) is 0 Å². The second kappa shape index (κ2) is 7.79. The molecule has 0 radical (unpaired) electrons. The van der Waals surface area contributed by atoms with Crippen LogP contribution in [0.3, 0.4) is 0 Å². The number of rotatable bonds is 6. The Kier molecular flexibility index (Phi) is 5.77. The Labute approximate surface area is 134 Å². The van der Waals surface area contributed by atoms with Crippen LogP contribution in [0.2, 0.25) is 0 Å². The van der Waals surface area contributed by atoms with Crippen LogP contribution in [0.25, 0.3) is 0 Å². The van der Waals surface area contributed by atoms with Crippen molar-refractivity contribution in [1.29, 1.82) is 0 Å². The van der Waals surface area contributed by atoms with Crippen molar-refractivity contribution in [3.8, 4) is 5.75 Å². The molecule has 22 heavy (non-hydrogen) atoms. The molecule has 0 unspecified atom stereocenters. The Morgan fingerprint density at radius 2 is 2.27 bits per heavy atom. The highest BCUT2D eigenvalue weighted by Crippen LogP contribution is 2.17. The predicted octanol–water partition coefficient (Wildman–Crippen LogP) is 3.01. The molecule has 0 aliphatic carbocycles. The van der Waals surface area contributed by atoms with Crippen molar-refractivity contribution in [2.24, 2.45) is 0 Å². The molecular weight excluding hydrogens is 298 g/mol. The van der Waals surface area contributed by atoms with Crippen molar-refractivity contribution in [1.82, 2.24) is 15.6 Å². The van der Waals surface area contributed by atoms with Gasteiger partial charge in [0.05, 0.1) is 11.0 Å². The molecule has 2 aromatic rings. The summed E-state index contributed by atoms with van der Waals surface area (Å²) in [6.45, 7) is 4.53. The van der Waals surface area contributed by atoms with Gasteiger partial charge in [-0.1, -0.05) is 19.1 Å². The summed E-state index contributed by atoms with van der Waals surface area (Å²) in [5.41, 5.74) is 0.864. The average Bonchev–Trinajstić information content (AvgIpc) is 2.95. The summed E-state index contributed by atoms with van der Waals surface area (Å²) in [7, 11) is 0. The van der Waals surface area contributed by atoms with Gasteiger partial charge in [0, 0.05) is 24.0 Å². The lowest BCUT2D eigenvalue weighted by molar-refractivity contribution is 0.238. The fourth-order valence-electron chi connectivity index (χ4n) is 2.04. The molecule has 0 aliphatic rings. The van der Waals surface area contributed by atoms with Crippen LogP contribution >= 0.6 is 11.3 Å². The molecule has 2 rings (SSSR count). The smallest absolute Gasteiger partial charge is 0.315 e. The Morgan fingerprint density at radius 3 is 2.95 bits per heavy atom. The van der Waals surface area contributed by atoms with E-state index in [1.54, 1.807) is 29.5 Å². The second-order valence-electron chi connectivity index (χ2n) is 5.04. The van der Waals surface area contributed by atoms with E-state index in [1.807, 2.05) is 19.2 Å². The maximum atomic E-state index is 11.9. The minimum absolute atomic E-state index is 0.168. The molecule has 5 nitrogen and oxygen atoms in total. The number of hydrogen-bond acceptors (Lipinski definition) is 4. The fourth-order valence-corrected chi connectivity index (χ4v) is 2.90. The zero-order valence-electron chi connectivity index (χ0n) is 12.8. The quantitative estimate of drug-likeness (QED) is 0.766. The highest BCUT2D eigenvalue weighted by atomic mass is 32.1. The summed E-state index contributed by atoms with van der Waals surface area (Å²) >= 11 is 1.69. The van der Waals surface area contributed by atoms with Gasteiger partial charge in [-0.25, -0.2) is 9.78 Å². The number of nitrogens with zero attached hydrogens (tertiary/aromatic N) is 1. The van der Waals surface area contributed by atoms with E-state index in [0.29, 0.717) is 6.54 Å². The van der Waals surface area contributed by atoms with Crippen molar-refractivity contribution < 1.29 is 9.90 Å². The van der Waals surface area contributed by atoms with Gasteiger partial charge in [-0.3, -0.25) is 0 Å². The number of phenols is 1. The van der Waals surface area contributed by atoms with Crippen LogP contribution in [-0.2, 0) is 12.8 Å². The molecule has 1 aromatic carbocycles. The van der Waals surface area contributed by atoms with Gasteiger partial charge in [-0.2, -0.15) is 0 Å². The van der Waals surface area contributed by atoms with Gasteiger partial charge >= 0.3 is 6.03 Å². The number of carbonyl (C=O) groups is 1. The minimum atomic E-state index is -0.219. The maximum Gasteiger partial charge on any atom is 0.315 e. The number of aryl methyl sites for hydroxylation is 1. The van der Waals surface area contributed by atoms with Crippen molar-refractivity contribution in [3.05, 3.63) is 45.9 Å². The Hall–Kier alpha value is -2.08. The molecule has 6 heteroatoms. The molecule has 1 heterocycles. The van der Waals surface area contributed by atoms with E-state index in [4.69, 9.17) is 0 Å². The topological polar surface area (TPSA) is 74.2 Å². The van der Waals surface area contributed by atoms with Crippen LogP contribution in [0.4, 0.5) is 4.79 Å². The normalized spacial score (nSPS) is 11.9. The molecule has 0 saturated heterocycles. The standard InChI is InChI=1S/C16H21N3O2S/c1-3-14-10-18-15(22-14)7-8-17-16(21)19-11(2)12-5-4-6-13(20)9-12/h4-6,9-11,20H,3,7-8H2,1-2H3,(H2,17,19,21)/t11-/m0/s1. The van der Waals surface area contributed by atoms with Crippen LogP contribution in [0, 0.1) is 0 Å². The number of carbonyl (C=O) groups excluding carboxylic acids is 1. The van der Waals surface area contributed by atoms with Gasteiger partial charge < -0.3 is 15.7 Å². The van der Waals surface area contributed by atoms with Gasteiger partial charge in [-0.05, 0) is 31.0 Å². The Bertz CT molecular complexity index is 627. The summed E-state index contributed by atoms with van der Waals surface area (Å²) in [6, 6.07) is 6.49. The van der Waals surface area contributed by atoms with Crippen LogP contribution < -0.4 is 10.6 Å². The number of aromatic hydroxyl groups is 1. The third-order valence-electron chi connectivity index (χ3n) is 3.29. The summed E-state index contributed by atoms with van der Waals surface area (Å²) in [6.07, 6.45) is 3.62. The van der Waals surface area contributed by atoms with E-state index in [0.717, 1.165) is 23.4 Å². The van der Waals surface area contributed by atoms with Crippen molar-refractivity contribution >= 4 is 17.4 Å². The first-order chi connectivity index (χ1) is 10.6. The fraction of sp³-hybridized carbons (Fsp3) is 0.375. The van der Waals surface area contributed by atoms with Crippen LogP contribution in [0.5, 0.6) is 5.75 Å². The first kappa shape index (κ1) is 16.3. The van der Waals surface area contributed by atoms with Crippen molar-refractivity contribution in [2.45, 2.75) is 32.7 Å². The molecule has 3 N–H and O–H groups in total. The summed E-state index contributed by atoms with van der Waals surface area (Å²) < 4.78 is 0. The van der Waals surface area contributed by atoms with Gasteiger partial charge in [0.15, 0.2) is 0 Å². The second-order valence-corrected chi connectivity index (χ2v) is 6.24. The zero-order valence-corrected chi connectivity index (χ0v) is 13.6. The molecule has 2 amide bonds. The highest BCUT2D eigenvalue weighted by molar-refractivity contribution is 7.11. The number of aromatic nitrogens is 1. The molecule has 1 aromatic heterocycles. The number of phenolic OH excluding ortho intramolecular Hbond substituents is 1. The molecule has 1 atom stereocenters. The number of benzene rings is 1. The Balaban J connectivity index is 1.75. The van der Waals surface area contributed by atoms with Crippen LogP contribution in [0.15, 0.2) is 30.5 Å². The maximum absolute atomic E-state index is 11.9. The van der Waals surface area contributed by atoms with Crippen LogP contribution in [0.1, 0.15) is 35.3 Å². The SMILES string of the molecule is CCc1cnc(CCNC(=O)N[C@@H](C)c2cccc(O)c2)s1. The highest BCUT2D eigenvalue weighted by Gasteiger charge is 2.09. The van der Waals surface area contributed by atoms with E-state index >= 15 is 0 Å². The number of urea groups is 1. The molecule has 0 fully saturated rings. The number of thiazole rings is 1. The number of nitrogens with one attached hydrogen (secondary N) is 2. The number of hydrogen-bond donors (Lipinski definition) is 3. The van der Waals surface area contributed by atoms with Gasteiger partial charge in [0.1, 0.15) is 5.75 Å². The van der Waals surface area contributed by atoms with E-state index in [-0.39, 0.29) is 17.8 Å². The van der Waals surface area contributed by atoms with Gasteiger partial charge in [0.25, 0.3) is 0 Å². The molecule has 0 aliphatic heterocycles. The molecule has 0 spiro atoms. The third-order valence-corrected chi connectivity index (χ3v) is 4.49. The minimum Gasteiger partial charge on any atom is -0.508 e. The lowest BCUT2D eigenvalue weighted by atomic mass is 10.1.